The van der Waals surface area contributed by atoms with E-state index in [4.69, 9.17) is 0 Å². The number of aromatic amines is 1. The summed E-state index contributed by atoms with van der Waals surface area (Å²) in [6, 6.07) is 0.895. The Morgan fingerprint density at radius 1 is 1.06 bits per heavy atom. The molecule has 3 nitrogen and oxygen atoms in total. The lowest BCUT2D eigenvalue weighted by molar-refractivity contribution is 0.121. The van der Waals surface area contributed by atoms with E-state index in [1.54, 1.807) is 0 Å². The van der Waals surface area contributed by atoms with Crippen LogP contribution >= 0.6 is 0 Å². The van der Waals surface area contributed by atoms with E-state index in [-0.39, 0.29) is 0 Å². The van der Waals surface area contributed by atoms with Gasteiger partial charge in [0.25, 0.3) is 0 Å². The fraction of sp³-hybridized carbons (Fsp3) is 0.786. The van der Waals surface area contributed by atoms with Gasteiger partial charge in [-0.05, 0) is 38.8 Å². The number of imidazole rings is 1. The lowest BCUT2D eigenvalue weighted by Gasteiger charge is -2.39. The van der Waals surface area contributed by atoms with E-state index < -0.39 is 0 Å². The van der Waals surface area contributed by atoms with E-state index in [2.05, 4.69) is 14.9 Å². The fourth-order valence-corrected chi connectivity index (χ4v) is 3.51. The highest BCUT2D eigenvalue weighted by atomic mass is 15.2. The number of nitrogens with zero attached hydrogens (tertiary/aromatic N) is 2. The summed E-state index contributed by atoms with van der Waals surface area (Å²) in [6.45, 7) is 2.57. The second-order valence-corrected chi connectivity index (χ2v) is 5.61. The first-order valence-corrected chi connectivity index (χ1v) is 7.16. The summed E-state index contributed by atoms with van der Waals surface area (Å²) in [5, 5.41) is 0. The molecule has 1 saturated carbocycles. The summed E-state index contributed by atoms with van der Waals surface area (Å²) in [5.41, 5.74) is 1.34. The van der Waals surface area contributed by atoms with Crippen LogP contribution in [0.5, 0.6) is 0 Å². The predicted molar refractivity (Wildman–Crippen MR) is 69.0 cm³/mol. The minimum atomic E-state index is 0.720. The second kappa shape index (κ2) is 5.21. The van der Waals surface area contributed by atoms with Crippen LogP contribution in [0.25, 0.3) is 0 Å². The lowest BCUT2D eigenvalue weighted by Crippen LogP contribution is -2.41. The molecule has 3 heteroatoms. The fourth-order valence-electron chi connectivity index (χ4n) is 3.51. The van der Waals surface area contributed by atoms with Gasteiger partial charge in [0.1, 0.15) is 0 Å². The molecule has 2 aliphatic rings. The van der Waals surface area contributed by atoms with E-state index in [9.17, 15) is 0 Å². The van der Waals surface area contributed by atoms with E-state index in [0.29, 0.717) is 0 Å². The molecule has 0 atom stereocenters. The van der Waals surface area contributed by atoms with Gasteiger partial charge >= 0.3 is 0 Å². The Labute approximate surface area is 104 Å². The normalized spacial score (nSPS) is 25.2. The van der Waals surface area contributed by atoms with Crippen LogP contribution in [0, 0.1) is 0 Å². The van der Waals surface area contributed by atoms with Crippen molar-refractivity contribution in [2.45, 2.75) is 56.9 Å². The number of likely N-dealkylation sites (tertiary alicyclic amines) is 1. The molecule has 0 aromatic carbocycles. The molecule has 0 bridgehead atoms. The molecule has 1 aromatic rings. The van der Waals surface area contributed by atoms with Gasteiger partial charge in [-0.3, -0.25) is 0 Å². The van der Waals surface area contributed by atoms with E-state index in [1.807, 2.05) is 12.5 Å². The zero-order valence-electron chi connectivity index (χ0n) is 10.6. The SMILES string of the molecule is c1ncc(C2CCN(C3CCCCC3)CC2)[nH]1. The quantitative estimate of drug-likeness (QED) is 0.851. The predicted octanol–water partition coefficient (Wildman–Crippen LogP) is 2.92. The third-order valence-electron chi connectivity index (χ3n) is 4.58. The molecule has 2 fully saturated rings. The number of aromatic nitrogens is 2. The summed E-state index contributed by atoms with van der Waals surface area (Å²) in [7, 11) is 0. The monoisotopic (exact) mass is 233 g/mol. The van der Waals surface area contributed by atoms with Gasteiger partial charge in [0.2, 0.25) is 0 Å². The molecule has 2 heterocycles. The topological polar surface area (TPSA) is 31.9 Å². The van der Waals surface area contributed by atoms with Gasteiger partial charge in [-0.1, -0.05) is 19.3 Å². The molecule has 94 valence electrons. The minimum absolute atomic E-state index is 0.720. The molecular weight excluding hydrogens is 210 g/mol. The Hall–Kier alpha value is -0.830. The molecule has 1 aliphatic carbocycles. The first-order chi connectivity index (χ1) is 8.43. The molecule has 0 radical (unpaired) electrons. The largest absolute Gasteiger partial charge is 0.348 e. The van der Waals surface area contributed by atoms with Crippen molar-refractivity contribution in [3.05, 3.63) is 18.2 Å². The van der Waals surface area contributed by atoms with Crippen LogP contribution in [0.15, 0.2) is 12.5 Å². The van der Waals surface area contributed by atoms with E-state index in [0.717, 1.165) is 12.0 Å². The molecule has 17 heavy (non-hydrogen) atoms. The van der Waals surface area contributed by atoms with Crippen molar-refractivity contribution in [3.63, 3.8) is 0 Å². The summed E-state index contributed by atoms with van der Waals surface area (Å²) in [5.74, 6) is 0.720. The smallest absolute Gasteiger partial charge is 0.0921 e. The van der Waals surface area contributed by atoms with Crippen molar-refractivity contribution in [1.82, 2.24) is 14.9 Å². The average molecular weight is 233 g/mol. The highest BCUT2D eigenvalue weighted by molar-refractivity contribution is 5.05. The van der Waals surface area contributed by atoms with Gasteiger partial charge in [0.15, 0.2) is 0 Å². The van der Waals surface area contributed by atoms with Gasteiger partial charge in [-0.25, -0.2) is 4.98 Å². The standard InChI is InChI=1S/C14H23N3/c1-2-4-13(5-3-1)17-8-6-12(7-9-17)14-10-15-11-16-14/h10-13H,1-9H2,(H,15,16). The van der Waals surface area contributed by atoms with E-state index in [1.165, 1.54) is 63.7 Å². The van der Waals surface area contributed by atoms with Gasteiger partial charge < -0.3 is 9.88 Å². The first-order valence-electron chi connectivity index (χ1n) is 7.16. The molecule has 0 amide bonds. The molecule has 0 unspecified atom stereocenters. The lowest BCUT2D eigenvalue weighted by atomic mass is 9.89. The number of piperidine rings is 1. The van der Waals surface area contributed by atoms with Gasteiger partial charge in [0, 0.05) is 23.9 Å². The highest BCUT2D eigenvalue weighted by Gasteiger charge is 2.27. The third kappa shape index (κ3) is 2.54. The van der Waals surface area contributed by atoms with Crippen LogP contribution in [-0.2, 0) is 0 Å². The van der Waals surface area contributed by atoms with Crippen LogP contribution in [0.4, 0.5) is 0 Å². The zero-order chi connectivity index (χ0) is 11.5. The third-order valence-corrected chi connectivity index (χ3v) is 4.58. The number of rotatable bonds is 2. The van der Waals surface area contributed by atoms with Crippen molar-refractivity contribution in [3.8, 4) is 0 Å². The zero-order valence-corrected chi connectivity index (χ0v) is 10.6. The van der Waals surface area contributed by atoms with Crippen LogP contribution in [0.1, 0.15) is 56.6 Å². The Bertz CT molecular complexity index is 319. The maximum Gasteiger partial charge on any atom is 0.0921 e. The number of nitrogens with one attached hydrogen (secondary N) is 1. The molecule has 1 aromatic heterocycles. The molecule has 1 aliphatic heterocycles. The van der Waals surface area contributed by atoms with Crippen LogP contribution in [-0.4, -0.2) is 34.0 Å². The number of H-pyrrole nitrogens is 1. The van der Waals surface area contributed by atoms with Crippen molar-refractivity contribution in [2.75, 3.05) is 13.1 Å². The highest BCUT2D eigenvalue weighted by Crippen LogP contribution is 2.30. The molecule has 0 spiro atoms. The van der Waals surface area contributed by atoms with Crippen LogP contribution < -0.4 is 0 Å². The molecular formula is C14H23N3. The van der Waals surface area contributed by atoms with Crippen LogP contribution in [0.2, 0.25) is 0 Å². The Balaban J connectivity index is 1.53. The van der Waals surface area contributed by atoms with Gasteiger partial charge in [-0.2, -0.15) is 0 Å². The Morgan fingerprint density at radius 2 is 1.82 bits per heavy atom. The summed E-state index contributed by atoms with van der Waals surface area (Å²) >= 11 is 0. The van der Waals surface area contributed by atoms with Crippen molar-refractivity contribution in [1.29, 1.82) is 0 Å². The van der Waals surface area contributed by atoms with Gasteiger partial charge in [0.05, 0.1) is 6.33 Å². The summed E-state index contributed by atoms with van der Waals surface area (Å²) in [4.78, 5) is 10.2. The van der Waals surface area contributed by atoms with Gasteiger partial charge in [-0.15, -0.1) is 0 Å². The Morgan fingerprint density at radius 3 is 2.47 bits per heavy atom. The summed E-state index contributed by atoms with van der Waals surface area (Å²) < 4.78 is 0. The minimum Gasteiger partial charge on any atom is -0.348 e. The Kier molecular flexibility index (Phi) is 3.46. The van der Waals surface area contributed by atoms with E-state index >= 15 is 0 Å². The average Bonchev–Trinajstić information content (AvgIpc) is 2.94. The number of hydrogen-bond donors (Lipinski definition) is 1. The van der Waals surface area contributed by atoms with Crippen molar-refractivity contribution >= 4 is 0 Å². The van der Waals surface area contributed by atoms with Crippen molar-refractivity contribution in [2.24, 2.45) is 0 Å². The van der Waals surface area contributed by atoms with Crippen molar-refractivity contribution < 1.29 is 0 Å². The molecule has 1 N–H and O–H groups in total. The van der Waals surface area contributed by atoms with Crippen LogP contribution in [0.3, 0.4) is 0 Å². The molecule has 1 saturated heterocycles. The maximum atomic E-state index is 4.14. The first kappa shape index (κ1) is 11.3. The second-order valence-electron chi connectivity index (χ2n) is 5.61. The molecule has 3 rings (SSSR count). The summed E-state index contributed by atoms with van der Waals surface area (Å²) in [6.07, 6.45) is 13.7. The maximum absolute atomic E-state index is 4.14. The number of hydrogen-bond acceptors (Lipinski definition) is 2.